The average Bonchev–Trinajstić information content (AvgIpc) is 2.80. The van der Waals surface area contributed by atoms with Crippen LogP contribution in [0.15, 0.2) is 28.8 Å². The predicted octanol–water partition coefficient (Wildman–Crippen LogP) is 3.44. The Labute approximate surface area is 130 Å². The van der Waals surface area contributed by atoms with Gasteiger partial charge in [0.25, 0.3) is 5.91 Å². The SMILES string of the molecule is Cc1cccc(C(=O)N2CCCCC[C@H]2c2nc(C)no2)c1. The van der Waals surface area contributed by atoms with Crippen LogP contribution in [0.5, 0.6) is 0 Å². The number of aromatic nitrogens is 2. The smallest absolute Gasteiger partial charge is 0.254 e. The van der Waals surface area contributed by atoms with Gasteiger partial charge >= 0.3 is 0 Å². The molecule has 5 nitrogen and oxygen atoms in total. The quantitative estimate of drug-likeness (QED) is 0.852. The normalized spacial score (nSPS) is 19.0. The van der Waals surface area contributed by atoms with Crippen LogP contribution in [0.25, 0.3) is 0 Å². The minimum absolute atomic E-state index is 0.0476. The summed E-state index contributed by atoms with van der Waals surface area (Å²) in [5.74, 6) is 1.22. The maximum Gasteiger partial charge on any atom is 0.254 e. The van der Waals surface area contributed by atoms with E-state index in [4.69, 9.17) is 4.52 Å². The number of rotatable bonds is 2. The van der Waals surface area contributed by atoms with Crippen LogP contribution < -0.4 is 0 Å². The lowest BCUT2D eigenvalue weighted by Gasteiger charge is -2.27. The molecule has 1 fully saturated rings. The van der Waals surface area contributed by atoms with Gasteiger partial charge in [0.1, 0.15) is 6.04 Å². The molecule has 1 atom stereocenters. The van der Waals surface area contributed by atoms with Crippen molar-refractivity contribution in [2.45, 2.75) is 45.6 Å². The third kappa shape index (κ3) is 3.03. The Kier molecular flexibility index (Phi) is 4.22. The van der Waals surface area contributed by atoms with Crippen LogP contribution in [0, 0.1) is 13.8 Å². The second kappa shape index (κ2) is 6.30. The summed E-state index contributed by atoms with van der Waals surface area (Å²) in [5, 5.41) is 3.88. The van der Waals surface area contributed by atoms with Gasteiger partial charge in [0.15, 0.2) is 5.82 Å². The third-order valence-electron chi connectivity index (χ3n) is 4.11. The Morgan fingerprint density at radius 3 is 2.86 bits per heavy atom. The highest BCUT2D eigenvalue weighted by molar-refractivity contribution is 5.94. The number of amides is 1. The molecule has 2 heterocycles. The summed E-state index contributed by atoms with van der Waals surface area (Å²) in [6, 6.07) is 7.61. The predicted molar refractivity (Wildman–Crippen MR) is 82.5 cm³/mol. The van der Waals surface area contributed by atoms with Gasteiger partial charge < -0.3 is 9.42 Å². The van der Waals surface area contributed by atoms with Crippen LogP contribution in [0.1, 0.15) is 59.4 Å². The topological polar surface area (TPSA) is 59.2 Å². The van der Waals surface area contributed by atoms with Gasteiger partial charge in [0, 0.05) is 12.1 Å². The zero-order valence-corrected chi connectivity index (χ0v) is 13.1. The minimum Gasteiger partial charge on any atom is -0.337 e. The van der Waals surface area contributed by atoms with E-state index in [1.165, 1.54) is 0 Å². The fraction of sp³-hybridized carbons (Fsp3) is 0.471. The van der Waals surface area contributed by atoms with E-state index in [2.05, 4.69) is 10.1 Å². The van der Waals surface area contributed by atoms with Crippen LogP contribution >= 0.6 is 0 Å². The Bertz CT molecular complexity index is 665. The summed E-state index contributed by atoms with van der Waals surface area (Å²) in [6.45, 7) is 4.54. The largest absolute Gasteiger partial charge is 0.337 e. The van der Waals surface area contributed by atoms with Crippen LogP contribution in [-0.4, -0.2) is 27.5 Å². The summed E-state index contributed by atoms with van der Waals surface area (Å²) in [5.41, 5.74) is 1.81. The van der Waals surface area contributed by atoms with Crippen LogP contribution in [-0.2, 0) is 0 Å². The molecule has 1 saturated heterocycles. The Morgan fingerprint density at radius 1 is 1.27 bits per heavy atom. The molecule has 1 aromatic carbocycles. The molecule has 0 radical (unpaired) electrons. The maximum atomic E-state index is 12.9. The highest BCUT2D eigenvalue weighted by atomic mass is 16.5. The highest BCUT2D eigenvalue weighted by Gasteiger charge is 2.31. The van der Waals surface area contributed by atoms with Gasteiger partial charge in [-0.1, -0.05) is 35.7 Å². The van der Waals surface area contributed by atoms with Crippen LogP contribution in [0.3, 0.4) is 0 Å². The van der Waals surface area contributed by atoms with Crippen molar-refractivity contribution in [3.63, 3.8) is 0 Å². The molecule has 5 heteroatoms. The molecule has 3 rings (SSSR count). The fourth-order valence-electron chi connectivity index (χ4n) is 3.00. The van der Waals surface area contributed by atoms with Gasteiger partial charge in [0.05, 0.1) is 0 Å². The molecule has 0 bridgehead atoms. The Balaban J connectivity index is 1.91. The summed E-state index contributed by atoms with van der Waals surface area (Å²) in [6.07, 6.45) is 4.09. The number of benzene rings is 1. The van der Waals surface area contributed by atoms with E-state index >= 15 is 0 Å². The molecule has 1 aromatic heterocycles. The van der Waals surface area contributed by atoms with Crippen molar-refractivity contribution in [1.29, 1.82) is 0 Å². The first kappa shape index (κ1) is 14.8. The molecular weight excluding hydrogens is 278 g/mol. The lowest BCUT2D eigenvalue weighted by molar-refractivity contribution is 0.0644. The van der Waals surface area contributed by atoms with Crippen molar-refractivity contribution < 1.29 is 9.32 Å². The maximum absolute atomic E-state index is 12.9. The summed E-state index contributed by atoms with van der Waals surface area (Å²) in [7, 11) is 0. The van der Waals surface area contributed by atoms with Gasteiger partial charge in [-0.15, -0.1) is 0 Å². The number of hydrogen-bond donors (Lipinski definition) is 0. The van der Waals surface area contributed by atoms with Crippen molar-refractivity contribution in [2.24, 2.45) is 0 Å². The summed E-state index contributed by atoms with van der Waals surface area (Å²) >= 11 is 0. The molecule has 1 aliphatic rings. The van der Waals surface area contributed by atoms with Crippen molar-refractivity contribution >= 4 is 5.91 Å². The third-order valence-corrected chi connectivity index (χ3v) is 4.11. The second-order valence-electron chi connectivity index (χ2n) is 5.91. The van der Waals surface area contributed by atoms with E-state index in [-0.39, 0.29) is 11.9 Å². The number of carbonyl (C=O) groups is 1. The number of nitrogens with zero attached hydrogens (tertiary/aromatic N) is 3. The fourth-order valence-corrected chi connectivity index (χ4v) is 3.00. The first-order chi connectivity index (χ1) is 10.6. The Hall–Kier alpha value is -2.17. The molecule has 116 valence electrons. The molecule has 0 unspecified atom stereocenters. The van der Waals surface area contributed by atoms with E-state index in [1.807, 2.05) is 36.1 Å². The lowest BCUT2D eigenvalue weighted by Crippen LogP contribution is -2.35. The monoisotopic (exact) mass is 299 g/mol. The van der Waals surface area contributed by atoms with E-state index < -0.39 is 0 Å². The first-order valence-corrected chi connectivity index (χ1v) is 7.83. The van der Waals surface area contributed by atoms with Crippen molar-refractivity contribution in [3.05, 3.63) is 47.1 Å². The number of hydrogen-bond acceptors (Lipinski definition) is 4. The molecule has 1 aliphatic heterocycles. The van der Waals surface area contributed by atoms with Crippen molar-refractivity contribution in [3.8, 4) is 0 Å². The van der Waals surface area contributed by atoms with Crippen LogP contribution in [0.4, 0.5) is 0 Å². The van der Waals surface area contributed by atoms with Crippen LogP contribution in [0.2, 0.25) is 0 Å². The van der Waals surface area contributed by atoms with Gasteiger partial charge in [-0.3, -0.25) is 4.79 Å². The molecule has 0 N–H and O–H groups in total. The van der Waals surface area contributed by atoms with E-state index in [9.17, 15) is 4.79 Å². The second-order valence-corrected chi connectivity index (χ2v) is 5.91. The van der Waals surface area contributed by atoms with E-state index in [0.717, 1.165) is 43.4 Å². The standard InChI is InChI=1S/C17H21N3O2/c1-12-7-6-8-14(11-12)17(21)20-10-5-3-4-9-15(20)16-18-13(2)19-22-16/h6-8,11,15H,3-5,9-10H2,1-2H3/t15-/m0/s1. The molecule has 2 aromatic rings. The Morgan fingerprint density at radius 2 is 2.14 bits per heavy atom. The molecule has 0 aliphatic carbocycles. The van der Waals surface area contributed by atoms with Gasteiger partial charge in [-0.05, 0) is 38.8 Å². The number of carbonyl (C=O) groups excluding carboxylic acids is 1. The molecule has 1 amide bonds. The van der Waals surface area contributed by atoms with Crippen molar-refractivity contribution in [2.75, 3.05) is 6.54 Å². The molecule has 22 heavy (non-hydrogen) atoms. The summed E-state index contributed by atoms with van der Waals surface area (Å²) < 4.78 is 5.34. The van der Waals surface area contributed by atoms with Gasteiger partial charge in [0.2, 0.25) is 5.89 Å². The summed E-state index contributed by atoms with van der Waals surface area (Å²) in [4.78, 5) is 19.2. The van der Waals surface area contributed by atoms with E-state index in [0.29, 0.717) is 11.7 Å². The number of likely N-dealkylation sites (tertiary alicyclic amines) is 1. The zero-order valence-electron chi connectivity index (χ0n) is 13.1. The minimum atomic E-state index is -0.114. The molecule has 0 spiro atoms. The molecule has 0 saturated carbocycles. The number of aryl methyl sites for hydroxylation is 2. The highest BCUT2D eigenvalue weighted by Crippen LogP contribution is 2.30. The van der Waals surface area contributed by atoms with Gasteiger partial charge in [-0.25, -0.2) is 0 Å². The lowest BCUT2D eigenvalue weighted by atomic mass is 10.1. The zero-order chi connectivity index (χ0) is 15.5. The average molecular weight is 299 g/mol. The van der Waals surface area contributed by atoms with E-state index in [1.54, 1.807) is 6.92 Å². The van der Waals surface area contributed by atoms with Crippen molar-refractivity contribution in [1.82, 2.24) is 15.0 Å². The van der Waals surface area contributed by atoms with Gasteiger partial charge in [-0.2, -0.15) is 4.98 Å². The molecular formula is C17H21N3O2. The first-order valence-electron chi connectivity index (χ1n) is 7.83.